The van der Waals surface area contributed by atoms with Gasteiger partial charge < -0.3 is 24.5 Å². The zero-order chi connectivity index (χ0) is 16.1. The molecule has 1 aromatic carbocycles. The van der Waals surface area contributed by atoms with Crippen molar-refractivity contribution in [2.75, 3.05) is 20.3 Å². The zero-order valence-electron chi connectivity index (χ0n) is 11.6. The third-order valence-electron chi connectivity index (χ3n) is 1.95. The van der Waals surface area contributed by atoms with Crippen LogP contribution in [-0.4, -0.2) is 37.3 Å². The Morgan fingerprint density at radius 1 is 1.38 bits per heavy atom. The van der Waals surface area contributed by atoms with E-state index in [1.807, 2.05) is 24.3 Å². The number of nitrogens with one attached hydrogen (secondary N) is 1. The molecule has 0 radical (unpaired) electrons. The van der Waals surface area contributed by atoms with Crippen molar-refractivity contribution >= 4 is 11.9 Å². The first kappa shape index (κ1) is 18.4. The van der Waals surface area contributed by atoms with Crippen LogP contribution in [0.1, 0.15) is 0 Å². The Balaban J connectivity index is 0.000000433. The topological polar surface area (TPSA) is 136 Å². The van der Waals surface area contributed by atoms with E-state index in [9.17, 15) is 14.7 Å². The van der Waals surface area contributed by atoms with Gasteiger partial charge in [0.05, 0.1) is 19.6 Å². The Morgan fingerprint density at radius 2 is 2.05 bits per heavy atom. The normalized spacial score (nSPS) is 9.62. The third kappa shape index (κ3) is 11.0. The minimum Gasteiger partial charge on any atom is -0.545 e. The maximum atomic E-state index is 9.53. The van der Waals surface area contributed by atoms with Gasteiger partial charge in [0.25, 0.3) is 0 Å². The second kappa shape index (κ2) is 11.3. The van der Waals surface area contributed by atoms with Gasteiger partial charge in [0.2, 0.25) is 0 Å². The van der Waals surface area contributed by atoms with Crippen molar-refractivity contribution in [3.63, 3.8) is 0 Å². The molecular weight excluding hydrogens is 280 g/mol. The lowest BCUT2D eigenvalue weighted by atomic mass is 10.3. The first-order chi connectivity index (χ1) is 9.99. The summed E-state index contributed by atoms with van der Waals surface area (Å²) in [6.07, 6.45) is 0.942. The van der Waals surface area contributed by atoms with E-state index in [0.29, 0.717) is 18.8 Å². The number of aliphatic carboxylic acids is 2. The molecule has 0 fully saturated rings. The number of quaternary nitrogens is 1. The van der Waals surface area contributed by atoms with Gasteiger partial charge in [0.15, 0.2) is 0 Å². The van der Waals surface area contributed by atoms with Crippen molar-refractivity contribution in [1.29, 1.82) is 0 Å². The molecule has 1 aromatic rings. The molecule has 0 aliphatic heterocycles. The van der Waals surface area contributed by atoms with Gasteiger partial charge in [-0.25, -0.2) is 4.79 Å². The third-order valence-corrected chi connectivity index (χ3v) is 1.95. The molecule has 0 aromatic heterocycles. The predicted octanol–water partition coefficient (Wildman–Crippen LogP) is -1.80. The molecule has 0 heterocycles. The van der Waals surface area contributed by atoms with E-state index >= 15 is 0 Å². The number of benzene rings is 1. The van der Waals surface area contributed by atoms with Crippen LogP contribution in [0.5, 0.6) is 11.5 Å². The Morgan fingerprint density at radius 3 is 2.52 bits per heavy atom. The number of ether oxygens (including phenoxy) is 2. The first-order valence-corrected chi connectivity index (χ1v) is 5.88. The van der Waals surface area contributed by atoms with Crippen molar-refractivity contribution in [2.24, 2.45) is 0 Å². The SMILES string of the molecule is COc1cccc(OCCN[NH3+])c1.O=C([O-])/C=C\C(=O)O. The van der Waals surface area contributed by atoms with Gasteiger partial charge in [-0.2, -0.15) is 5.43 Å². The molecule has 0 unspecified atom stereocenters. The standard InChI is InChI=1S/C9H14N2O2.C4H4O4/c1-12-8-3-2-4-9(7-8)13-6-5-11-10;5-3(6)1-2-4(7)8/h2-4,7,11H,5-6,10H2,1H3;1-2H,(H,5,6)(H,7,8)/b;2-1-. The van der Waals surface area contributed by atoms with Crippen LogP contribution >= 0.6 is 0 Å². The van der Waals surface area contributed by atoms with E-state index in [0.717, 1.165) is 18.0 Å². The molecule has 21 heavy (non-hydrogen) atoms. The van der Waals surface area contributed by atoms with Crippen LogP contribution in [0.2, 0.25) is 0 Å². The molecule has 8 heteroatoms. The monoisotopic (exact) mass is 298 g/mol. The molecule has 0 atom stereocenters. The Hall–Kier alpha value is -2.58. The van der Waals surface area contributed by atoms with Gasteiger partial charge >= 0.3 is 5.97 Å². The molecule has 0 saturated carbocycles. The maximum absolute atomic E-state index is 9.53. The molecule has 0 aliphatic carbocycles. The molecule has 5 N–H and O–H groups in total. The Labute approximate surface area is 121 Å². The lowest BCUT2D eigenvalue weighted by molar-refractivity contribution is -0.443. The number of carbonyl (C=O) groups is 2. The van der Waals surface area contributed by atoms with Crippen LogP contribution in [0.4, 0.5) is 0 Å². The van der Waals surface area contributed by atoms with Gasteiger partial charge in [-0.15, -0.1) is 0 Å². The summed E-state index contributed by atoms with van der Waals surface area (Å²) in [6, 6.07) is 7.52. The number of carbonyl (C=O) groups excluding carboxylic acids is 1. The van der Waals surface area contributed by atoms with Gasteiger partial charge in [0, 0.05) is 12.1 Å². The highest BCUT2D eigenvalue weighted by molar-refractivity contribution is 5.88. The average molecular weight is 298 g/mol. The fourth-order valence-electron chi connectivity index (χ4n) is 1.07. The Kier molecular flexibility index (Phi) is 9.88. The lowest BCUT2D eigenvalue weighted by Crippen LogP contribution is -2.65. The van der Waals surface area contributed by atoms with E-state index in [2.05, 4.69) is 11.3 Å². The van der Waals surface area contributed by atoms with Crippen molar-refractivity contribution in [3.8, 4) is 11.5 Å². The molecule has 0 saturated heterocycles. The molecular formula is C13H18N2O6. The molecule has 0 bridgehead atoms. The highest BCUT2D eigenvalue weighted by atomic mass is 16.5. The van der Waals surface area contributed by atoms with Crippen LogP contribution in [0.15, 0.2) is 36.4 Å². The molecule has 116 valence electrons. The van der Waals surface area contributed by atoms with Crippen molar-refractivity contribution in [3.05, 3.63) is 36.4 Å². The number of hydrogen-bond acceptors (Lipinski definition) is 6. The van der Waals surface area contributed by atoms with Crippen molar-refractivity contribution in [2.45, 2.75) is 0 Å². The number of methoxy groups -OCH3 is 1. The van der Waals surface area contributed by atoms with Gasteiger partial charge in [-0.05, 0) is 18.2 Å². The second-order valence-electron chi connectivity index (χ2n) is 3.52. The number of carboxylic acid groups (broad SMARTS) is 2. The largest absolute Gasteiger partial charge is 0.545 e. The lowest BCUT2D eigenvalue weighted by Gasteiger charge is -2.06. The second-order valence-corrected chi connectivity index (χ2v) is 3.52. The summed E-state index contributed by atoms with van der Waals surface area (Å²) in [5, 5.41) is 17.2. The molecule has 0 amide bonds. The van der Waals surface area contributed by atoms with Gasteiger partial charge in [-0.1, -0.05) is 6.07 Å². The summed E-state index contributed by atoms with van der Waals surface area (Å²) >= 11 is 0. The molecule has 8 nitrogen and oxygen atoms in total. The summed E-state index contributed by atoms with van der Waals surface area (Å²) in [7, 11) is 1.64. The zero-order valence-corrected chi connectivity index (χ0v) is 11.6. The molecule has 0 aliphatic rings. The van der Waals surface area contributed by atoms with E-state index in [1.54, 1.807) is 7.11 Å². The van der Waals surface area contributed by atoms with Crippen molar-refractivity contribution in [1.82, 2.24) is 5.43 Å². The fraction of sp³-hybridized carbons (Fsp3) is 0.231. The quantitative estimate of drug-likeness (QED) is 0.307. The minimum atomic E-state index is -1.51. The average Bonchev–Trinajstić information content (AvgIpc) is 2.46. The van der Waals surface area contributed by atoms with Crippen LogP contribution in [0, 0.1) is 0 Å². The Bertz CT molecular complexity index is 459. The highest BCUT2D eigenvalue weighted by Crippen LogP contribution is 2.18. The summed E-state index contributed by atoms with van der Waals surface area (Å²) in [4.78, 5) is 19.0. The van der Waals surface area contributed by atoms with E-state index in [1.165, 1.54) is 0 Å². The number of carboxylic acids is 2. The minimum absolute atomic E-state index is 0.447. The highest BCUT2D eigenvalue weighted by Gasteiger charge is 1.95. The summed E-state index contributed by atoms with van der Waals surface area (Å²) in [6.45, 7) is 1.34. The smallest absolute Gasteiger partial charge is 0.328 e. The summed E-state index contributed by atoms with van der Waals surface area (Å²) in [5.41, 5.74) is 2.76. The molecule has 1 rings (SSSR count). The van der Waals surface area contributed by atoms with Crippen LogP contribution < -0.4 is 25.8 Å². The van der Waals surface area contributed by atoms with Gasteiger partial charge in [-0.3, -0.25) is 5.84 Å². The van der Waals surface area contributed by atoms with E-state index in [-0.39, 0.29) is 0 Å². The van der Waals surface area contributed by atoms with E-state index < -0.39 is 11.9 Å². The first-order valence-electron chi connectivity index (χ1n) is 5.88. The maximum Gasteiger partial charge on any atom is 0.328 e. The van der Waals surface area contributed by atoms with Crippen molar-refractivity contribution < 1.29 is 35.1 Å². The fourth-order valence-corrected chi connectivity index (χ4v) is 1.07. The van der Waals surface area contributed by atoms with Crippen LogP contribution in [-0.2, 0) is 9.59 Å². The van der Waals surface area contributed by atoms with Gasteiger partial charge in [0.1, 0.15) is 18.1 Å². The summed E-state index contributed by atoms with van der Waals surface area (Å²) in [5.74, 6) is 2.31. The molecule has 0 spiro atoms. The van der Waals surface area contributed by atoms with E-state index in [4.69, 9.17) is 14.6 Å². The van der Waals surface area contributed by atoms with Crippen LogP contribution in [0.25, 0.3) is 0 Å². The number of rotatable bonds is 7. The van der Waals surface area contributed by atoms with Crippen LogP contribution in [0.3, 0.4) is 0 Å². The predicted molar refractivity (Wildman–Crippen MR) is 71.2 cm³/mol. The summed E-state index contributed by atoms with van der Waals surface area (Å²) < 4.78 is 10.5. The number of hydrogen-bond donors (Lipinski definition) is 3.